The molecule has 0 amide bonds. The van der Waals surface area contributed by atoms with E-state index in [1.807, 2.05) is 41.0 Å². The maximum Gasteiger partial charge on any atom is 0.316 e. The SMILES string of the molecule is CC(Sc1nnc(Br)n1-c1sc(-c2ccccc2)c2c1CCCC2)C(=O)O.O=C(O)CSc1nnc(Br)n1-c1sc(-c2ccccc2)c2c1OCCO2. The molecule has 0 radical (unpaired) electrons. The first-order chi connectivity index (χ1) is 25.7. The highest BCUT2D eigenvalue weighted by molar-refractivity contribution is 9.10. The van der Waals surface area contributed by atoms with Crippen LogP contribution >= 0.6 is 78.1 Å². The number of ether oxygens (including phenoxy) is 2. The first-order valence-electron chi connectivity index (χ1n) is 16.4. The predicted molar refractivity (Wildman–Crippen MR) is 214 cm³/mol. The van der Waals surface area contributed by atoms with Crippen LogP contribution in [-0.2, 0) is 22.4 Å². The Labute approximate surface area is 337 Å². The Kier molecular flexibility index (Phi) is 11.9. The van der Waals surface area contributed by atoms with Crippen LogP contribution in [0.4, 0.5) is 0 Å². The van der Waals surface area contributed by atoms with Crippen LogP contribution in [0.5, 0.6) is 11.5 Å². The second-order valence-corrected chi connectivity index (χ2v) is 17.3. The van der Waals surface area contributed by atoms with Gasteiger partial charge in [0.05, 0.1) is 10.6 Å². The van der Waals surface area contributed by atoms with E-state index in [2.05, 4.69) is 76.5 Å². The summed E-state index contributed by atoms with van der Waals surface area (Å²) in [5, 5.41) is 37.0. The molecule has 0 bridgehead atoms. The number of hydrogen-bond donors (Lipinski definition) is 2. The predicted octanol–water partition coefficient (Wildman–Crippen LogP) is 8.91. The third-order valence-electron chi connectivity index (χ3n) is 8.20. The van der Waals surface area contributed by atoms with Crippen LogP contribution in [0.15, 0.2) is 80.4 Å². The van der Waals surface area contributed by atoms with Gasteiger partial charge in [-0.25, -0.2) is 0 Å². The monoisotopic (exact) mass is 916 g/mol. The number of rotatable bonds is 10. The number of carboxylic acid groups (broad SMARTS) is 2. The van der Waals surface area contributed by atoms with Crippen LogP contribution in [-0.4, -0.2) is 75.9 Å². The average molecular weight is 919 g/mol. The molecule has 2 N–H and O–H groups in total. The maximum atomic E-state index is 11.3. The molecule has 8 rings (SSSR count). The average Bonchev–Trinajstić information content (AvgIpc) is 3.94. The summed E-state index contributed by atoms with van der Waals surface area (Å²) in [6, 6.07) is 20.4. The van der Waals surface area contributed by atoms with Crippen molar-refractivity contribution in [1.82, 2.24) is 29.5 Å². The molecule has 4 aromatic heterocycles. The van der Waals surface area contributed by atoms with Crippen LogP contribution in [0.3, 0.4) is 0 Å². The first-order valence-corrected chi connectivity index (χ1v) is 21.4. The van der Waals surface area contributed by atoms with Gasteiger partial charge in [-0.3, -0.25) is 18.7 Å². The van der Waals surface area contributed by atoms with E-state index in [1.165, 1.54) is 57.5 Å². The lowest BCUT2D eigenvalue weighted by Crippen LogP contribution is -2.15. The number of thioether (sulfide) groups is 2. The highest BCUT2D eigenvalue weighted by Gasteiger charge is 2.30. The molecule has 2 aliphatic rings. The minimum absolute atomic E-state index is 0.110. The summed E-state index contributed by atoms with van der Waals surface area (Å²) in [4.78, 5) is 24.5. The smallest absolute Gasteiger partial charge is 0.316 e. The molecule has 18 heteroatoms. The largest absolute Gasteiger partial charge is 0.485 e. The zero-order valence-electron chi connectivity index (χ0n) is 27.9. The van der Waals surface area contributed by atoms with Crippen molar-refractivity contribution in [3.05, 3.63) is 81.3 Å². The van der Waals surface area contributed by atoms with Gasteiger partial charge in [-0.1, -0.05) is 84.2 Å². The van der Waals surface area contributed by atoms with Gasteiger partial charge in [0.2, 0.25) is 9.47 Å². The van der Waals surface area contributed by atoms with Gasteiger partial charge in [-0.2, -0.15) is 0 Å². The number of benzene rings is 2. The summed E-state index contributed by atoms with van der Waals surface area (Å²) in [6.07, 6.45) is 4.46. The van der Waals surface area contributed by atoms with Gasteiger partial charge in [0.25, 0.3) is 0 Å². The Morgan fingerprint density at radius 2 is 1.32 bits per heavy atom. The molecule has 5 heterocycles. The Hall–Kier alpha value is -3.68. The Balaban J connectivity index is 0.000000164. The number of carboxylic acids is 2. The summed E-state index contributed by atoms with van der Waals surface area (Å²) in [5.41, 5.74) is 5.00. The highest BCUT2D eigenvalue weighted by Crippen LogP contribution is 2.52. The molecule has 0 spiro atoms. The normalized spacial score (nSPS) is 13.9. The number of carbonyl (C=O) groups is 2. The van der Waals surface area contributed by atoms with E-state index in [1.54, 1.807) is 22.8 Å². The van der Waals surface area contributed by atoms with Gasteiger partial charge in [-0.05, 0) is 86.7 Å². The molecule has 0 saturated carbocycles. The molecule has 274 valence electrons. The van der Waals surface area contributed by atoms with E-state index >= 15 is 0 Å². The molecular formula is C35H30Br2N6O6S4. The van der Waals surface area contributed by atoms with Gasteiger partial charge in [0, 0.05) is 4.88 Å². The van der Waals surface area contributed by atoms with Gasteiger partial charge in [0.1, 0.15) is 23.5 Å². The Bertz CT molecular complexity index is 2260. The second kappa shape index (κ2) is 16.8. The van der Waals surface area contributed by atoms with E-state index in [9.17, 15) is 14.7 Å². The molecule has 1 aliphatic carbocycles. The van der Waals surface area contributed by atoms with Gasteiger partial charge < -0.3 is 19.7 Å². The van der Waals surface area contributed by atoms with E-state index < -0.39 is 17.2 Å². The fraction of sp³-hybridized carbons (Fsp3) is 0.257. The summed E-state index contributed by atoms with van der Waals surface area (Å²) in [6.45, 7) is 2.59. The van der Waals surface area contributed by atoms with Crippen LogP contribution < -0.4 is 9.47 Å². The van der Waals surface area contributed by atoms with Gasteiger partial charge >= 0.3 is 11.9 Å². The van der Waals surface area contributed by atoms with Gasteiger partial charge in [0.15, 0.2) is 26.8 Å². The van der Waals surface area contributed by atoms with Crippen molar-refractivity contribution in [3.8, 4) is 42.4 Å². The molecule has 1 unspecified atom stereocenters. The number of hydrogen-bond acceptors (Lipinski definition) is 12. The van der Waals surface area contributed by atoms with E-state index in [0.29, 0.717) is 44.5 Å². The minimum atomic E-state index is -0.918. The van der Waals surface area contributed by atoms with E-state index in [4.69, 9.17) is 14.6 Å². The molecule has 53 heavy (non-hydrogen) atoms. The van der Waals surface area contributed by atoms with Crippen molar-refractivity contribution >= 4 is 90.0 Å². The standard InChI is InChI=1S/C19H18BrN3O2S2.C16H12BrN3O4S2/c1-11(17(24)25)26-19-22-21-18(20)23(19)16-14-10-6-5-9-13(14)15(27-16)12-7-3-2-4-8-12;17-15-18-19-16(25-8-10(21)22)20(15)14-12-11(23-6-7-24-12)13(26-14)9-4-2-1-3-5-9/h2-4,7-8,11H,5-6,9-10H2,1H3,(H,24,25);1-5H,6-8H2,(H,21,22). The molecular weight excluding hydrogens is 888 g/mol. The van der Waals surface area contributed by atoms with E-state index in [0.717, 1.165) is 45.0 Å². The molecule has 6 aromatic rings. The Morgan fingerprint density at radius 1 is 0.774 bits per heavy atom. The summed E-state index contributed by atoms with van der Waals surface area (Å²) < 4.78 is 16.6. The molecule has 0 fully saturated rings. The molecule has 1 atom stereocenters. The molecule has 0 saturated heterocycles. The summed E-state index contributed by atoms with van der Waals surface area (Å²) >= 11 is 12.4. The fourth-order valence-corrected chi connectivity index (χ4v) is 11.3. The number of nitrogens with zero attached hydrogens (tertiary/aromatic N) is 6. The van der Waals surface area contributed by atoms with Crippen molar-refractivity contribution in [2.75, 3.05) is 19.0 Å². The molecule has 12 nitrogen and oxygen atoms in total. The minimum Gasteiger partial charge on any atom is -0.485 e. The number of thiophene rings is 2. The maximum absolute atomic E-state index is 11.3. The zero-order chi connectivity index (χ0) is 37.1. The lowest BCUT2D eigenvalue weighted by molar-refractivity contribution is -0.136. The third-order valence-corrected chi connectivity index (χ3v) is 13.7. The van der Waals surface area contributed by atoms with Gasteiger partial charge in [-0.15, -0.1) is 43.1 Å². The number of aliphatic carboxylic acids is 2. The quantitative estimate of drug-likeness (QED) is 0.126. The van der Waals surface area contributed by atoms with Crippen molar-refractivity contribution in [1.29, 1.82) is 0 Å². The zero-order valence-corrected chi connectivity index (χ0v) is 34.3. The van der Waals surface area contributed by atoms with Crippen LogP contribution in [0.25, 0.3) is 30.9 Å². The van der Waals surface area contributed by atoms with Crippen LogP contribution in [0.2, 0.25) is 0 Å². The number of aromatic nitrogens is 6. The lowest BCUT2D eigenvalue weighted by atomic mass is 9.91. The summed E-state index contributed by atoms with van der Waals surface area (Å²) in [7, 11) is 0. The van der Waals surface area contributed by atoms with Crippen molar-refractivity contribution in [2.45, 2.75) is 48.2 Å². The van der Waals surface area contributed by atoms with E-state index in [-0.39, 0.29) is 5.75 Å². The Morgan fingerprint density at radius 3 is 1.94 bits per heavy atom. The summed E-state index contributed by atoms with van der Waals surface area (Å²) in [5.74, 6) is -0.570. The number of fused-ring (bicyclic) bond motifs is 2. The first kappa shape index (κ1) is 37.6. The number of halogens is 2. The molecule has 2 aromatic carbocycles. The fourth-order valence-electron chi connectivity index (χ4n) is 5.83. The van der Waals surface area contributed by atoms with Crippen molar-refractivity contribution < 1.29 is 29.3 Å². The second-order valence-electron chi connectivity index (χ2n) is 11.7. The molecule has 1 aliphatic heterocycles. The van der Waals surface area contributed by atoms with Crippen molar-refractivity contribution in [3.63, 3.8) is 0 Å². The topological polar surface area (TPSA) is 154 Å². The van der Waals surface area contributed by atoms with Crippen LogP contribution in [0.1, 0.15) is 30.9 Å². The lowest BCUT2D eigenvalue weighted by Gasteiger charge is -2.17. The van der Waals surface area contributed by atoms with Crippen molar-refractivity contribution in [2.24, 2.45) is 0 Å². The third kappa shape index (κ3) is 8.07. The highest BCUT2D eigenvalue weighted by atomic mass is 79.9. The van der Waals surface area contributed by atoms with Crippen LogP contribution in [0, 0.1) is 0 Å².